The van der Waals surface area contributed by atoms with Crippen LogP contribution in [-0.4, -0.2) is 10.1 Å². The summed E-state index contributed by atoms with van der Waals surface area (Å²) in [7, 11) is 0. The average molecular weight is 286 g/mol. The molecule has 2 nitrogen and oxygen atoms in total. The van der Waals surface area contributed by atoms with Crippen LogP contribution in [0.2, 0.25) is 0 Å². The fraction of sp³-hybridized carbons (Fsp3) is 0. The molecule has 0 spiro atoms. The lowest BCUT2D eigenvalue weighted by Gasteiger charge is -2.06. The van der Waals surface area contributed by atoms with Crippen molar-refractivity contribution in [3.8, 4) is 16.9 Å². The van der Waals surface area contributed by atoms with Gasteiger partial charge in [0, 0.05) is 11.8 Å². The van der Waals surface area contributed by atoms with E-state index < -0.39 is 11.6 Å². The lowest BCUT2D eigenvalue weighted by Crippen LogP contribution is -1.91. The third kappa shape index (κ3) is 1.90. The number of aromatic hydroxyl groups is 1. The molecule has 0 aliphatic rings. The van der Waals surface area contributed by atoms with Crippen LogP contribution in [-0.2, 0) is 0 Å². The van der Waals surface area contributed by atoms with E-state index in [4.69, 9.17) is 0 Å². The minimum atomic E-state index is -0.715. The molecule has 0 radical (unpaired) electrons. The number of rotatable bonds is 1. The van der Waals surface area contributed by atoms with E-state index >= 15 is 0 Å². The number of hydrogen-bond donors (Lipinski definition) is 1. The summed E-state index contributed by atoms with van der Waals surface area (Å²) in [6, 6.07) is 3.68. The number of pyridine rings is 1. The Morgan fingerprint density at radius 1 is 1.19 bits per heavy atom. The van der Waals surface area contributed by atoms with Gasteiger partial charge in [0.15, 0.2) is 0 Å². The van der Waals surface area contributed by atoms with Crippen molar-refractivity contribution in [2.75, 3.05) is 0 Å². The molecule has 0 atom stereocenters. The summed E-state index contributed by atoms with van der Waals surface area (Å²) in [5, 5.41) is 9.21. The van der Waals surface area contributed by atoms with Crippen molar-refractivity contribution in [1.82, 2.24) is 4.98 Å². The van der Waals surface area contributed by atoms with Gasteiger partial charge in [-0.05, 0) is 34.1 Å². The number of halogens is 3. The van der Waals surface area contributed by atoms with Gasteiger partial charge in [-0.15, -0.1) is 0 Å². The Morgan fingerprint density at radius 3 is 2.62 bits per heavy atom. The molecule has 2 rings (SSSR count). The van der Waals surface area contributed by atoms with Gasteiger partial charge in [0.05, 0.1) is 16.2 Å². The Morgan fingerprint density at radius 2 is 1.94 bits per heavy atom. The molecule has 0 saturated heterocycles. The van der Waals surface area contributed by atoms with Crippen LogP contribution in [0.25, 0.3) is 11.1 Å². The van der Waals surface area contributed by atoms with E-state index in [-0.39, 0.29) is 21.3 Å². The highest BCUT2D eigenvalue weighted by Crippen LogP contribution is 2.31. The molecular weight excluding hydrogens is 280 g/mol. The van der Waals surface area contributed by atoms with E-state index in [0.29, 0.717) is 0 Å². The molecule has 5 heteroatoms. The maximum absolute atomic E-state index is 13.7. The van der Waals surface area contributed by atoms with Crippen LogP contribution < -0.4 is 0 Å². The standard InChI is InChI=1S/C11H6BrF2NO/c12-8-1-2-9(13)10(11(8)14)6-3-7(16)5-15-4-6/h1-5,16H. The normalized spacial score (nSPS) is 10.4. The van der Waals surface area contributed by atoms with E-state index in [1.165, 1.54) is 24.5 Å². The Balaban J connectivity index is 2.68. The lowest BCUT2D eigenvalue weighted by atomic mass is 10.1. The maximum Gasteiger partial charge on any atom is 0.148 e. The van der Waals surface area contributed by atoms with Gasteiger partial charge in [-0.1, -0.05) is 0 Å². The van der Waals surface area contributed by atoms with Crippen LogP contribution in [0.4, 0.5) is 8.78 Å². The minimum absolute atomic E-state index is 0.142. The predicted molar refractivity (Wildman–Crippen MR) is 59.0 cm³/mol. The second-order valence-electron chi connectivity index (χ2n) is 3.15. The summed E-state index contributed by atoms with van der Waals surface area (Å²) in [6.45, 7) is 0. The van der Waals surface area contributed by atoms with Crippen LogP contribution in [0.5, 0.6) is 5.75 Å². The van der Waals surface area contributed by atoms with Crippen molar-refractivity contribution >= 4 is 15.9 Å². The summed E-state index contributed by atoms with van der Waals surface area (Å²) in [5.41, 5.74) is -0.0194. The van der Waals surface area contributed by atoms with Crippen LogP contribution in [0.3, 0.4) is 0 Å². The van der Waals surface area contributed by atoms with Gasteiger partial charge in [0.25, 0.3) is 0 Å². The smallest absolute Gasteiger partial charge is 0.148 e. The van der Waals surface area contributed by atoms with Crippen molar-refractivity contribution in [3.63, 3.8) is 0 Å². The molecule has 0 bridgehead atoms. The van der Waals surface area contributed by atoms with Crippen LogP contribution >= 0.6 is 15.9 Å². The highest BCUT2D eigenvalue weighted by atomic mass is 79.9. The van der Waals surface area contributed by atoms with E-state index in [1.807, 2.05) is 0 Å². The van der Waals surface area contributed by atoms with E-state index in [0.717, 1.165) is 6.07 Å². The monoisotopic (exact) mass is 285 g/mol. The van der Waals surface area contributed by atoms with Crippen LogP contribution in [0, 0.1) is 11.6 Å². The zero-order valence-corrected chi connectivity index (χ0v) is 9.50. The molecule has 16 heavy (non-hydrogen) atoms. The third-order valence-electron chi connectivity index (χ3n) is 2.06. The lowest BCUT2D eigenvalue weighted by molar-refractivity contribution is 0.473. The highest BCUT2D eigenvalue weighted by molar-refractivity contribution is 9.10. The largest absolute Gasteiger partial charge is 0.506 e. The van der Waals surface area contributed by atoms with Crippen molar-refractivity contribution in [1.29, 1.82) is 0 Å². The number of hydrogen-bond acceptors (Lipinski definition) is 2. The number of aromatic nitrogens is 1. The summed E-state index contributed by atoms with van der Waals surface area (Å²) >= 11 is 2.97. The summed E-state index contributed by atoms with van der Waals surface area (Å²) in [5.74, 6) is -1.56. The second kappa shape index (κ2) is 4.17. The first kappa shape index (κ1) is 11.0. The molecule has 1 aromatic heterocycles. The SMILES string of the molecule is Oc1cncc(-c2c(F)ccc(Br)c2F)c1. The van der Waals surface area contributed by atoms with Crippen molar-refractivity contribution in [2.24, 2.45) is 0 Å². The van der Waals surface area contributed by atoms with Gasteiger partial charge < -0.3 is 5.11 Å². The van der Waals surface area contributed by atoms with E-state index in [9.17, 15) is 13.9 Å². The van der Waals surface area contributed by atoms with Crippen molar-refractivity contribution in [3.05, 3.63) is 46.7 Å². The van der Waals surface area contributed by atoms with Crippen molar-refractivity contribution < 1.29 is 13.9 Å². The fourth-order valence-electron chi connectivity index (χ4n) is 1.36. The summed E-state index contributed by atoms with van der Waals surface area (Å²) in [4.78, 5) is 3.67. The molecule has 1 heterocycles. The highest BCUT2D eigenvalue weighted by Gasteiger charge is 2.14. The Labute approximate surface area is 98.7 Å². The average Bonchev–Trinajstić information content (AvgIpc) is 2.24. The second-order valence-corrected chi connectivity index (χ2v) is 4.00. The van der Waals surface area contributed by atoms with Crippen LogP contribution in [0.1, 0.15) is 0 Å². The van der Waals surface area contributed by atoms with Gasteiger partial charge in [0.1, 0.15) is 17.4 Å². The predicted octanol–water partition coefficient (Wildman–Crippen LogP) is 3.49. The molecule has 0 aliphatic heterocycles. The van der Waals surface area contributed by atoms with E-state index in [2.05, 4.69) is 20.9 Å². The molecule has 0 fully saturated rings. The van der Waals surface area contributed by atoms with Gasteiger partial charge >= 0.3 is 0 Å². The molecule has 0 saturated carbocycles. The van der Waals surface area contributed by atoms with Gasteiger partial charge in [0.2, 0.25) is 0 Å². The van der Waals surface area contributed by atoms with Gasteiger partial charge in [-0.3, -0.25) is 4.98 Å². The first-order valence-electron chi connectivity index (χ1n) is 4.37. The van der Waals surface area contributed by atoms with E-state index in [1.54, 1.807) is 0 Å². The van der Waals surface area contributed by atoms with Gasteiger partial charge in [-0.2, -0.15) is 0 Å². The molecular formula is C11H6BrF2NO. The Bertz CT molecular complexity index is 546. The molecule has 2 aromatic rings. The molecule has 82 valence electrons. The van der Waals surface area contributed by atoms with Crippen LogP contribution in [0.15, 0.2) is 35.1 Å². The zero-order chi connectivity index (χ0) is 11.7. The summed E-state index contributed by atoms with van der Waals surface area (Å²) < 4.78 is 27.3. The number of benzene rings is 1. The van der Waals surface area contributed by atoms with Crippen molar-refractivity contribution in [2.45, 2.75) is 0 Å². The topological polar surface area (TPSA) is 33.1 Å². The zero-order valence-electron chi connectivity index (χ0n) is 7.92. The molecule has 1 aromatic carbocycles. The Kier molecular flexibility index (Phi) is 2.87. The molecule has 0 amide bonds. The first-order chi connectivity index (χ1) is 7.59. The molecule has 0 unspecified atom stereocenters. The quantitative estimate of drug-likeness (QED) is 0.814. The third-order valence-corrected chi connectivity index (χ3v) is 2.67. The maximum atomic E-state index is 13.7. The fourth-order valence-corrected chi connectivity index (χ4v) is 1.69. The molecule has 1 N–H and O–H groups in total. The first-order valence-corrected chi connectivity index (χ1v) is 5.17. The number of nitrogens with zero attached hydrogens (tertiary/aromatic N) is 1. The minimum Gasteiger partial charge on any atom is -0.506 e. The molecule has 0 aliphatic carbocycles. The summed E-state index contributed by atoms with van der Waals surface area (Å²) in [6.07, 6.45) is 2.48. The van der Waals surface area contributed by atoms with Gasteiger partial charge in [-0.25, -0.2) is 8.78 Å². The Hall–Kier alpha value is -1.49.